The molecular formula is C47H47FN10O5. The first-order valence-corrected chi connectivity index (χ1v) is 21.7. The Kier molecular flexibility index (Phi) is 8.91. The minimum Gasteiger partial charge on any atom is -0.378 e. The number of aromatic amines is 1. The number of fused-ring (bicyclic) bond motifs is 3. The van der Waals surface area contributed by atoms with Gasteiger partial charge in [0.25, 0.3) is 5.91 Å². The predicted molar refractivity (Wildman–Crippen MR) is 233 cm³/mol. The third-order valence-electron chi connectivity index (χ3n) is 13.8. The Hall–Kier alpha value is -6.81. The molecule has 1 saturated heterocycles. The highest BCUT2D eigenvalue weighted by Crippen LogP contribution is 2.56. The van der Waals surface area contributed by atoms with Crippen molar-refractivity contribution in [3.05, 3.63) is 140 Å². The largest absolute Gasteiger partial charge is 0.438 e. The second kappa shape index (κ2) is 14.4. The van der Waals surface area contributed by atoms with Gasteiger partial charge < -0.3 is 14.2 Å². The van der Waals surface area contributed by atoms with Crippen molar-refractivity contribution in [1.82, 2.24) is 48.3 Å². The highest BCUT2D eigenvalue weighted by Gasteiger charge is 2.59. The van der Waals surface area contributed by atoms with Crippen LogP contribution in [-0.2, 0) is 30.3 Å². The van der Waals surface area contributed by atoms with E-state index in [0.29, 0.717) is 77.3 Å². The van der Waals surface area contributed by atoms with Crippen molar-refractivity contribution in [3.8, 4) is 17.2 Å². The first-order chi connectivity index (χ1) is 30.4. The minimum absolute atomic E-state index is 0.0380. The van der Waals surface area contributed by atoms with Crippen LogP contribution in [-0.4, -0.2) is 73.5 Å². The fraction of sp³-hybridized carbons (Fsp3) is 0.362. The fourth-order valence-corrected chi connectivity index (χ4v) is 10.3. The van der Waals surface area contributed by atoms with Crippen LogP contribution in [0.4, 0.5) is 4.39 Å². The van der Waals surface area contributed by atoms with Crippen LogP contribution in [0.1, 0.15) is 89.7 Å². The van der Waals surface area contributed by atoms with E-state index in [1.807, 2.05) is 31.3 Å². The topological polar surface area (TPSA) is 156 Å². The Morgan fingerprint density at radius 2 is 1.76 bits per heavy atom. The Balaban J connectivity index is 1.03. The summed E-state index contributed by atoms with van der Waals surface area (Å²) in [6.07, 6.45) is 9.27. The average Bonchev–Trinajstić information content (AvgIpc) is 3.91. The predicted octanol–water partition coefficient (Wildman–Crippen LogP) is 6.74. The maximum atomic E-state index is 15.3. The number of hydrogen-bond donors (Lipinski definition) is 1. The molecule has 16 heteroatoms. The summed E-state index contributed by atoms with van der Waals surface area (Å²) < 4.78 is 34.8. The third kappa shape index (κ3) is 6.08. The maximum Gasteiger partial charge on any atom is 0.438 e. The van der Waals surface area contributed by atoms with Crippen molar-refractivity contribution in [2.75, 3.05) is 13.2 Å². The van der Waals surface area contributed by atoms with Gasteiger partial charge in [-0.15, -0.1) is 0 Å². The lowest BCUT2D eigenvalue weighted by atomic mass is 9.87. The molecule has 1 amide bonds. The Bertz CT molecular complexity index is 3250. The van der Waals surface area contributed by atoms with Gasteiger partial charge in [0.2, 0.25) is 0 Å². The smallest absolute Gasteiger partial charge is 0.378 e. The summed E-state index contributed by atoms with van der Waals surface area (Å²) in [5.74, 6) is 0.0579. The van der Waals surface area contributed by atoms with Crippen molar-refractivity contribution < 1.29 is 18.4 Å². The molecule has 8 aromatic rings. The van der Waals surface area contributed by atoms with Crippen molar-refractivity contribution in [1.29, 1.82) is 0 Å². The maximum absolute atomic E-state index is 15.3. The molecule has 0 radical (unpaired) electrons. The molecule has 1 N–H and O–H groups in total. The number of nitrogens with zero attached hydrogens (tertiary/aromatic N) is 9. The summed E-state index contributed by atoms with van der Waals surface area (Å²) in [6.45, 7) is 8.88. The third-order valence-corrected chi connectivity index (χ3v) is 13.8. The molecule has 0 bridgehead atoms. The van der Waals surface area contributed by atoms with E-state index in [1.165, 1.54) is 5.56 Å². The first-order valence-electron chi connectivity index (χ1n) is 21.7. The van der Waals surface area contributed by atoms with Crippen LogP contribution in [0.3, 0.4) is 0 Å². The summed E-state index contributed by atoms with van der Waals surface area (Å²) in [6, 6.07) is 17.6. The number of aromatic nitrogens is 9. The Morgan fingerprint density at radius 1 is 0.984 bits per heavy atom. The zero-order valence-corrected chi connectivity index (χ0v) is 35.8. The molecule has 3 aliphatic rings. The average molecular weight is 851 g/mol. The molecule has 3 aromatic carbocycles. The number of ether oxygens (including phenoxy) is 1. The first kappa shape index (κ1) is 39.1. The number of benzene rings is 3. The summed E-state index contributed by atoms with van der Waals surface area (Å²) >= 11 is 0. The number of carbonyl (C=O) groups is 1. The number of amides is 1. The normalized spacial score (nSPS) is 21.1. The molecular weight excluding hydrogens is 804 g/mol. The van der Waals surface area contributed by atoms with Crippen LogP contribution >= 0.6 is 0 Å². The molecule has 15 nitrogen and oxygen atoms in total. The van der Waals surface area contributed by atoms with Gasteiger partial charge in [0.15, 0.2) is 5.82 Å². The second-order valence-corrected chi connectivity index (χ2v) is 17.6. The number of nitrogens with one attached hydrogen (secondary N) is 1. The van der Waals surface area contributed by atoms with Crippen LogP contribution in [0.2, 0.25) is 0 Å². The van der Waals surface area contributed by atoms with E-state index in [-0.39, 0.29) is 36.0 Å². The van der Waals surface area contributed by atoms with Crippen LogP contribution < -0.4 is 11.4 Å². The Labute approximate surface area is 360 Å². The van der Waals surface area contributed by atoms with E-state index in [1.54, 1.807) is 68.0 Å². The highest BCUT2D eigenvalue weighted by atomic mass is 19.1. The van der Waals surface area contributed by atoms with Crippen LogP contribution in [0.15, 0.2) is 87.3 Å². The number of hydrogen-bond acceptors (Lipinski definition) is 8. The number of rotatable bonds is 8. The number of aryl methyl sites for hydroxylation is 3. The van der Waals surface area contributed by atoms with E-state index in [4.69, 9.17) is 14.4 Å². The minimum atomic E-state index is -0.809. The Morgan fingerprint density at radius 3 is 2.51 bits per heavy atom. The summed E-state index contributed by atoms with van der Waals surface area (Å²) in [4.78, 5) is 46.9. The van der Waals surface area contributed by atoms with Gasteiger partial charge in [0.05, 0.1) is 41.4 Å². The van der Waals surface area contributed by atoms with Gasteiger partial charge in [-0.1, -0.05) is 25.1 Å². The summed E-state index contributed by atoms with van der Waals surface area (Å²) in [5.41, 5.74) is 5.94. The lowest BCUT2D eigenvalue weighted by Gasteiger charge is -2.29. The van der Waals surface area contributed by atoms with Crippen molar-refractivity contribution >= 4 is 27.7 Å². The quantitative estimate of drug-likeness (QED) is 0.176. The standard InChI is InChI=1S/C47H47FN10O5/c1-6-35-21-30(12-16-62-35)29-7-9-39-31(19-29)22-40(57(39)47(23-28(47)4)44-50-45(60)63-52-44)43(59)54-13-11-37-36(25-54)42(58(51-37)34-17-26(2)41(48)27(3)18-34)56-15-14-55(46(56)61)33-8-10-38-32(20-33)24-49-53(38)5/h7-10,14-15,17-20,22,24,28,30,35H,6,11-13,16,21,23,25H2,1-5H3,(H,50,52,60)/t28-,30-,35-,47-/m0/s1. The van der Waals surface area contributed by atoms with E-state index in [0.717, 1.165) is 46.8 Å². The fourth-order valence-electron chi connectivity index (χ4n) is 10.3. The summed E-state index contributed by atoms with van der Waals surface area (Å²) in [7, 11) is 1.87. The number of carbonyl (C=O) groups excluding carboxylic acids is 1. The lowest BCUT2D eigenvalue weighted by Crippen LogP contribution is -2.39. The van der Waals surface area contributed by atoms with E-state index >= 15 is 9.18 Å². The van der Waals surface area contributed by atoms with Gasteiger partial charge in [-0.05, 0) is 117 Å². The lowest BCUT2D eigenvalue weighted by molar-refractivity contribution is 0.00486. The van der Waals surface area contributed by atoms with Gasteiger partial charge in [-0.2, -0.15) is 10.2 Å². The molecule has 2 fully saturated rings. The second-order valence-electron chi connectivity index (χ2n) is 17.6. The van der Waals surface area contributed by atoms with Crippen molar-refractivity contribution in [2.45, 2.75) is 83.9 Å². The molecule has 0 unspecified atom stereocenters. The van der Waals surface area contributed by atoms with Crippen LogP contribution in [0, 0.1) is 25.6 Å². The zero-order valence-electron chi connectivity index (χ0n) is 35.8. The molecule has 2 aliphatic heterocycles. The molecule has 11 rings (SSSR count). The van der Waals surface area contributed by atoms with Gasteiger partial charge in [0.1, 0.15) is 22.9 Å². The van der Waals surface area contributed by atoms with Crippen LogP contribution in [0.25, 0.3) is 39.0 Å². The van der Waals surface area contributed by atoms with Gasteiger partial charge in [-0.25, -0.2) is 18.7 Å². The monoisotopic (exact) mass is 850 g/mol. The highest BCUT2D eigenvalue weighted by molar-refractivity contribution is 5.99. The van der Waals surface area contributed by atoms with Crippen LogP contribution in [0.5, 0.6) is 0 Å². The van der Waals surface area contributed by atoms with Gasteiger partial charge >= 0.3 is 11.4 Å². The van der Waals surface area contributed by atoms with Crippen molar-refractivity contribution in [3.63, 3.8) is 0 Å². The van der Waals surface area contributed by atoms with Gasteiger partial charge in [-0.3, -0.25) is 28.1 Å². The zero-order chi connectivity index (χ0) is 43.5. The molecule has 63 heavy (non-hydrogen) atoms. The molecule has 0 spiro atoms. The number of imidazole rings is 1. The number of halogens is 1. The van der Waals surface area contributed by atoms with E-state index in [2.05, 4.69) is 51.9 Å². The SMILES string of the molecule is CC[C@H]1C[C@@H](c2ccc3c(c2)cc(C(=O)N2CCc4nn(-c5cc(C)c(F)c(C)c5)c(-n5ccn(-c6ccc7c(cnn7C)c6)c5=O)c4C2)n3[C@@]2(c3noc(=O)[nH]3)C[C@@H]2C)CCO1. The van der Waals surface area contributed by atoms with Crippen molar-refractivity contribution in [2.24, 2.45) is 13.0 Å². The summed E-state index contributed by atoms with van der Waals surface area (Å²) in [5, 5.41) is 15.4. The molecule has 7 heterocycles. The molecule has 5 aromatic heterocycles. The molecule has 4 atom stereocenters. The van der Waals surface area contributed by atoms with E-state index < -0.39 is 11.3 Å². The molecule has 322 valence electrons. The van der Waals surface area contributed by atoms with Gasteiger partial charge in [0, 0.05) is 60.9 Å². The van der Waals surface area contributed by atoms with E-state index in [9.17, 15) is 9.59 Å². The molecule has 1 saturated carbocycles. The number of H-pyrrole nitrogens is 1. The molecule has 1 aliphatic carbocycles.